The average molecular weight is 440 g/mol. The second-order valence-electron chi connectivity index (χ2n) is 6.36. The van der Waals surface area contributed by atoms with Gasteiger partial charge in [0.15, 0.2) is 6.79 Å². The lowest BCUT2D eigenvalue weighted by molar-refractivity contribution is -0.0444. The number of aryl methyl sites for hydroxylation is 1. The van der Waals surface area contributed by atoms with Crippen molar-refractivity contribution < 1.29 is 9.47 Å². The van der Waals surface area contributed by atoms with E-state index in [-0.39, 0.29) is 12.9 Å². The van der Waals surface area contributed by atoms with Crippen molar-refractivity contribution in [2.45, 2.75) is 32.4 Å². The Labute approximate surface area is 180 Å². The van der Waals surface area contributed by atoms with Crippen molar-refractivity contribution in [3.63, 3.8) is 0 Å². The minimum atomic E-state index is -0.336. The van der Waals surface area contributed by atoms with Crippen molar-refractivity contribution in [1.82, 2.24) is 9.55 Å². The van der Waals surface area contributed by atoms with Gasteiger partial charge in [-0.3, -0.25) is 0 Å². The molecule has 4 nitrogen and oxygen atoms in total. The maximum absolute atomic E-state index is 6.38. The molecule has 3 aromatic rings. The Balaban J connectivity index is 1.69. The Morgan fingerprint density at radius 2 is 1.93 bits per heavy atom. The molecule has 1 aromatic heterocycles. The first-order valence-corrected chi connectivity index (χ1v) is 10.1. The van der Waals surface area contributed by atoms with E-state index in [4.69, 9.17) is 44.3 Å². The van der Waals surface area contributed by atoms with Gasteiger partial charge >= 0.3 is 0 Å². The summed E-state index contributed by atoms with van der Waals surface area (Å²) in [6.45, 7) is 2.70. The van der Waals surface area contributed by atoms with Gasteiger partial charge in [0, 0.05) is 28.0 Å². The highest BCUT2D eigenvalue weighted by Gasteiger charge is 2.17. The Morgan fingerprint density at radius 1 is 1.07 bits per heavy atom. The Kier molecular flexibility index (Phi) is 7.63. The molecule has 0 aliphatic heterocycles. The second-order valence-corrected chi connectivity index (χ2v) is 7.61. The molecule has 0 saturated carbocycles. The van der Waals surface area contributed by atoms with E-state index in [2.05, 4.69) is 11.9 Å². The summed E-state index contributed by atoms with van der Waals surface area (Å²) >= 11 is 18.7. The second kappa shape index (κ2) is 10.2. The average Bonchev–Trinajstić information content (AvgIpc) is 3.16. The Bertz CT molecular complexity index is 901. The Morgan fingerprint density at radius 3 is 2.61 bits per heavy atom. The molecule has 28 heavy (non-hydrogen) atoms. The summed E-state index contributed by atoms with van der Waals surface area (Å²) in [5.74, 6) is 0.588. The van der Waals surface area contributed by atoms with Gasteiger partial charge in [0.1, 0.15) is 11.9 Å². The maximum Gasteiger partial charge on any atom is 0.189 e. The third-order valence-corrected chi connectivity index (χ3v) is 5.12. The Hall–Kier alpha value is -1.72. The number of aromatic nitrogens is 2. The van der Waals surface area contributed by atoms with Gasteiger partial charge in [-0.2, -0.15) is 0 Å². The van der Waals surface area contributed by atoms with Crippen LogP contribution in [0.1, 0.15) is 30.6 Å². The maximum atomic E-state index is 6.38. The fourth-order valence-corrected chi connectivity index (χ4v) is 3.66. The van der Waals surface area contributed by atoms with Gasteiger partial charge in [-0.25, -0.2) is 4.98 Å². The van der Waals surface area contributed by atoms with Crippen molar-refractivity contribution in [1.29, 1.82) is 0 Å². The van der Waals surface area contributed by atoms with Gasteiger partial charge in [0.05, 0.1) is 17.9 Å². The molecule has 148 valence electrons. The van der Waals surface area contributed by atoms with Crippen LogP contribution in [-0.4, -0.2) is 16.3 Å². The van der Waals surface area contributed by atoms with E-state index in [0.717, 1.165) is 18.4 Å². The first-order valence-electron chi connectivity index (χ1n) is 9.00. The molecule has 2 aromatic carbocycles. The van der Waals surface area contributed by atoms with Gasteiger partial charge in [-0.1, -0.05) is 60.3 Å². The van der Waals surface area contributed by atoms with E-state index in [9.17, 15) is 0 Å². The van der Waals surface area contributed by atoms with Crippen LogP contribution in [0.25, 0.3) is 0 Å². The highest BCUT2D eigenvalue weighted by atomic mass is 35.5. The predicted octanol–water partition coefficient (Wildman–Crippen LogP) is 6.59. The minimum Gasteiger partial charge on any atom is -0.466 e. The molecular weight excluding hydrogens is 419 g/mol. The number of ether oxygens (including phenoxy) is 2. The van der Waals surface area contributed by atoms with Crippen molar-refractivity contribution in [3.05, 3.63) is 81.3 Å². The molecule has 0 amide bonds. The molecule has 0 saturated heterocycles. The quantitative estimate of drug-likeness (QED) is 0.353. The van der Waals surface area contributed by atoms with Crippen molar-refractivity contribution >= 4 is 34.8 Å². The van der Waals surface area contributed by atoms with Gasteiger partial charge in [-0.05, 0) is 36.2 Å². The number of imidazole rings is 1. The summed E-state index contributed by atoms with van der Waals surface area (Å²) in [5.41, 5.74) is 2.01. The number of nitrogens with zero attached hydrogens (tertiary/aromatic N) is 2. The zero-order valence-corrected chi connectivity index (χ0v) is 17.7. The molecule has 3 rings (SSSR count). The van der Waals surface area contributed by atoms with Crippen LogP contribution < -0.4 is 4.74 Å². The topological polar surface area (TPSA) is 36.3 Å². The van der Waals surface area contributed by atoms with Gasteiger partial charge in [0.25, 0.3) is 0 Å². The highest BCUT2D eigenvalue weighted by Crippen LogP contribution is 2.31. The van der Waals surface area contributed by atoms with E-state index in [1.165, 1.54) is 5.56 Å². The van der Waals surface area contributed by atoms with E-state index in [0.29, 0.717) is 27.4 Å². The van der Waals surface area contributed by atoms with Crippen LogP contribution in [0.15, 0.2) is 55.1 Å². The molecule has 0 aliphatic carbocycles. The fourth-order valence-electron chi connectivity index (χ4n) is 2.87. The van der Waals surface area contributed by atoms with E-state index >= 15 is 0 Å². The predicted molar refractivity (Wildman–Crippen MR) is 113 cm³/mol. The summed E-state index contributed by atoms with van der Waals surface area (Å²) in [5, 5.41) is 1.69. The number of hydrogen-bond donors (Lipinski definition) is 0. The van der Waals surface area contributed by atoms with Crippen LogP contribution in [0.3, 0.4) is 0 Å². The van der Waals surface area contributed by atoms with Crippen LogP contribution in [0.4, 0.5) is 0 Å². The monoisotopic (exact) mass is 438 g/mol. The molecule has 0 fully saturated rings. The summed E-state index contributed by atoms with van der Waals surface area (Å²) < 4.78 is 13.7. The van der Waals surface area contributed by atoms with Crippen LogP contribution >= 0.6 is 34.8 Å². The fraction of sp³-hybridized carbons (Fsp3) is 0.286. The molecule has 0 spiro atoms. The third kappa shape index (κ3) is 5.65. The third-order valence-electron chi connectivity index (χ3n) is 4.26. The standard InChI is InChI=1S/C21H21Cl3N2O2/c1-2-3-15-4-7-20(19(24)10-15)27-14-28-21(12-26-9-8-25-13-26)17-6-5-16(22)11-18(17)23/h4-11,13,21H,2-3,12,14H2,1H3. The molecule has 0 aliphatic rings. The number of benzene rings is 2. The summed E-state index contributed by atoms with van der Waals surface area (Å²) in [4.78, 5) is 4.07. The smallest absolute Gasteiger partial charge is 0.189 e. The lowest BCUT2D eigenvalue weighted by Crippen LogP contribution is -2.15. The van der Waals surface area contributed by atoms with E-state index < -0.39 is 0 Å². The van der Waals surface area contributed by atoms with Gasteiger partial charge in [0.2, 0.25) is 0 Å². The molecule has 0 N–H and O–H groups in total. The van der Waals surface area contributed by atoms with Crippen LogP contribution in [0.2, 0.25) is 15.1 Å². The molecule has 7 heteroatoms. The van der Waals surface area contributed by atoms with Crippen LogP contribution in [0.5, 0.6) is 5.75 Å². The lowest BCUT2D eigenvalue weighted by Gasteiger charge is -2.20. The number of halogens is 3. The number of hydrogen-bond acceptors (Lipinski definition) is 3. The zero-order chi connectivity index (χ0) is 19.9. The molecular formula is C21H21Cl3N2O2. The van der Waals surface area contributed by atoms with Crippen molar-refractivity contribution in [2.24, 2.45) is 0 Å². The van der Waals surface area contributed by atoms with Gasteiger partial charge in [-0.15, -0.1) is 0 Å². The number of rotatable bonds is 9. The van der Waals surface area contributed by atoms with Crippen molar-refractivity contribution in [3.8, 4) is 5.75 Å². The van der Waals surface area contributed by atoms with Gasteiger partial charge < -0.3 is 14.0 Å². The van der Waals surface area contributed by atoms with E-state index in [1.54, 1.807) is 24.7 Å². The summed E-state index contributed by atoms with van der Waals surface area (Å²) in [6, 6.07) is 11.2. The zero-order valence-electron chi connectivity index (χ0n) is 15.4. The molecule has 1 unspecified atom stereocenters. The first kappa shape index (κ1) is 21.0. The molecule has 1 heterocycles. The minimum absolute atomic E-state index is 0.0329. The molecule has 0 bridgehead atoms. The summed E-state index contributed by atoms with van der Waals surface area (Å²) in [7, 11) is 0. The lowest BCUT2D eigenvalue weighted by atomic mass is 10.1. The first-order chi connectivity index (χ1) is 13.6. The molecule has 1 atom stereocenters. The normalized spacial score (nSPS) is 12.1. The highest BCUT2D eigenvalue weighted by molar-refractivity contribution is 6.35. The molecule has 0 radical (unpaired) electrons. The van der Waals surface area contributed by atoms with Crippen LogP contribution in [0, 0.1) is 0 Å². The van der Waals surface area contributed by atoms with Crippen molar-refractivity contribution in [2.75, 3.05) is 6.79 Å². The van der Waals surface area contributed by atoms with E-state index in [1.807, 2.05) is 35.0 Å². The largest absolute Gasteiger partial charge is 0.466 e. The van der Waals surface area contributed by atoms with Crippen LogP contribution in [-0.2, 0) is 17.7 Å². The summed E-state index contributed by atoms with van der Waals surface area (Å²) in [6.07, 6.45) is 7.02. The SMILES string of the molecule is CCCc1ccc(OCOC(Cn2ccnc2)c2ccc(Cl)cc2Cl)c(Cl)c1.